The zero-order chi connectivity index (χ0) is 21.6. The summed E-state index contributed by atoms with van der Waals surface area (Å²) in [5.41, 5.74) is 0.703. The quantitative estimate of drug-likeness (QED) is 0.308. The van der Waals surface area contributed by atoms with Crippen LogP contribution in [-0.4, -0.2) is 22.1 Å². The summed E-state index contributed by atoms with van der Waals surface area (Å²) in [4.78, 5) is 26.2. The van der Waals surface area contributed by atoms with Gasteiger partial charge in [0, 0.05) is 0 Å². The molecule has 1 aromatic carbocycles. The second kappa shape index (κ2) is 9.61. The number of hydrogen-bond donors (Lipinski definition) is 1. The molecule has 0 saturated heterocycles. The van der Waals surface area contributed by atoms with Gasteiger partial charge in [-0.05, 0) is 47.0 Å². The number of rotatable bonds is 7. The molecule has 7 nitrogen and oxygen atoms in total. The summed E-state index contributed by atoms with van der Waals surface area (Å²) in [6.07, 6.45) is 0.170. The topological polar surface area (TPSA) is 105 Å². The number of hydrogen-bond acceptors (Lipinski definition) is 9. The highest BCUT2D eigenvalue weighted by Gasteiger charge is 2.21. The van der Waals surface area contributed by atoms with E-state index in [4.69, 9.17) is 4.74 Å². The monoisotopic (exact) mass is 466 g/mol. The molecule has 3 heterocycles. The average Bonchev–Trinajstić information content (AvgIpc) is 3.54. The predicted octanol–water partition coefficient (Wildman–Crippen LogP) is 4.87. The van der Waals surface area contributed by atoms with Gasteiger partial charge < -0.3 is 4.74 Å². The van der Waals surface area contributed by atoms with E-state index in [1.807, 2.05) is 23.6 Å². The molecule has 4 rings (SSSR count). The number of amides is 1. The van der Waals surface area contributed by atoms with E-state index in [0.29, 0.717) is 26.3 Å². The number of aromatic nitrogens is 2. The van der Waals surface area contributed by atoms with Crippen LogP contribution in [0.5, 0.6) is 5.75 Å². The molecule has 0 aliphatic heterocycles. The van der Waals surface area contributed by atoms with Crippen molar-refractivity contribution in [1.29, 1.82) is 5.26 Å². The van der Waals surface area contributed by atoms with Crippen molar-refractivity contribution >= 4 is 51.0 Å². The maximum absolute atomic E-state index is 12.6. The third kappa shape index (κ3) is 5.21. The van der Waals surface area contributed by atoms with Gasteiger partial charge in [0.2, 0.25) is 11.0 Å². The predicted molar refractivity (Wildman–Crippen MR) is 120 cm³/mol. The summed E-state index contributed by atoms with van der Waals surface area (Å²) in [6.45, 7) is 0. The molecule has 1 unspecified atom stereocenters. The Labute approximate surface area is 189 Å². The lowest BCUT2D eigenvalue weighted by Crippen LogP contribution is -2.23. The van der Waals surface area contributed by atoms with E-state index < -0.39 is 17.8 Å². The molecule has 0 spiro atoms. The van der Waals surface area contributed by atoms with E-state index >= 15 is 0 Å². The lowest BCUT2D eigenvalue weighted by Gasteiger charge is -2.10. The molecular formula is C21H14N4O3S3. The maximum Gasteiger partial charge on any atom is 0.353 e. The zero-order valence-electron chi connectivity index (χ0n) is 15.8. The third-order valence-electron chi connectivity index (χ3n) is 4.13. The molecule has 1 N–H and O–H groups in total. The van der Waals surface area contributed by atoms with Crippen LogP contribution in [0, 0.1) is 17.2 Å². The Kier molecular flexibility index (Phi) is 6.47. The summed E-state index contributed by atoms with van der Waals surface area (Å²) >= 11 is 4.08. The molecule has 0 aliphatic rings. The molecule has 4 aromatic rings. The second-order valence-electron chi connectivity index (χ2n) is 6.28. The van der Waals surface area contributed by atoms with Crippen LogP contribution in [0.4, 0.5) is 5.13 Å². The van der Waals surface area contributed by atoms with Gasteiger partial charge >= 0.3 is 5.97 Å². The van der Waals surface area contributed by atoms with E-state index in [1.165, 1.54) is 34.0 Å². The van der Waals surface area contributed by atoms with E-state index in [2.05, 4.69) is 15.5 Å². The number of carbonyl (C=O) groups excluding carboxylic acids is 2. The molecular weight excluding hydrogens is 452 g/mol. The standard InChI is InChI=1S/C21H14N4O3S3/c22-12-14(18(26)23-21-25-24-19(31-21)16-6-2-8-29-16)10-13-4-1-5-15(11-13)28-20(27)17-7-3-9-30-17/h1-9,11,14H,10H2,(H,23,25,26). The number of thiophene rings is 2. The van der Waals surface area contributed by atoms with Gasteiger partial charge in [-0.1, -0.05) is 35.6 Å². The number of benzene rings is 1. The second-order valence-corrected chi connectivity index (χ2v) is 9.15. The molecule has 1 atom stereocenters. The van der Waals surface area contributed by atoms with Crippen LogP contribution in [0.3, 0.4) is 0 Å². The molecule has 3 aromatic heterocycles. The first-order valence-corrected chi connectivity index (χ1v) is 11.6. The number of anilines is 1. The maximum atomic E-state index is 12.6. The van der Waals surface area contributed by atoms with Crippen LogP contribution in [0.25, 0.3) is 9.88 Å². The molecule has 1 amide bonds. The number of ether oxygens (including phenoxy) is 1. The zero-order valence-corrected chi connectivity index (χ0v) is 18.3. The molecule has 31 heavy (non-hydrogen) atoms. The Morgan fingerprint density at radius 1 is 1.10 bits per heavy atom. The number of nitrogens with zero attached hydrogens (tertiary/aromatic N) is 3. The number of nitriles is 1. The van der Waals surface area contributed by atoms with Gasteiger partial charge in [-0.3, -0.25) is 10.1 Å². The summed E-state index contributed by atoms with van der Waals surface area (Å²) < 4.78 is 5.38. The smallest absolute Gasteiger partial charge is 0.353 e. The van der Waals surface area contributed by atoms with Crippen molar-refractivity contribution in [3.63, 3.8) is 0 Å². The largest absolute Gasteiger partial charge is 0.422 e. The highest BCUT2D eigenvalue weighted by atomic mass is 32.1. The molecule has 0 bridgehead atoms. The fourth-order valence-corrected chi connectivity index (χ4v) is 4.82. The van der Waals surface area contributed by atoms with Crippen LogP contribution in [0.15, 0.2) is 59.3 Å². The van der Waals surface area contributed by atoms with Gasteiger partial charge in [0.15, 0.2) is 5.01 Å². The Hall–Kier alpha value is -3.39. The number of esters is 1. The highest BCUT2D eigenvalue weighted by molar-refractivity contribution is 7.23. The van der Waals surface area contributed by atoms with Crippen LogP contribution in [0.2, 0.25) is 0 Å². The normalized spacial score (nSPS) is 11.5. The van der Waals surface area contributed by atoms with Crippen molar-refractivity contribution in [2.45, 2.75) is 6.42 Å². The summed E-state index contributed by atoms with van der Waals surface area (Å²) in [7, 11) is 0. The third-order valence-corrected chi connectivity index (χ3v) is 6.86. The first-order chi connectivity index (χ1) is 15.1. The SMILES string of the molecule is N#CC(Cc1cccc(OC(=O)c2cccs2)c1)C(=O)Nc1nnc(-c2cccs2)s1. The molecule has 0 fully saturated rings. The van der Waals surface area contributed by atoms with Gasteiger partial charge in [-0.15, -0.1) is 32.9 Å². The van der Waals surface area contributed by atoms with Gasteiger partial charge in [0.05, 0.1) is 10.9 Å². The van der Waals surface area contributed by atoms with E-state index in [9.17, 15) is 14.9 Å². The minimum atomic E-state index is -0.933. The Morgan fingerprint density at radius 3 is 2.68 bits per heavy atom. The Morgan fingerprint density at radius 2 is 1.94 bits per heavy atom. The van der Waals surface area contributed by atoms with E-state index in [0.717, 1.165) is 4.88 Å². The highest BCUT2D eigenvalue weighted by Crippen LogP contribution is 2.30. The van der Waals surface area contributed by atoms with E-state index in [1.54, 1.807) is 41.8 Å². The first-order valence-electron chi connectivity index (χ1n) is 9.05. The summed E-state index contributed by atoms with van der Waals surface area (Å²) in [5.74, 6) is -1.48. The van der Waals surface area contributed by atoms with E-state index in [-0.39, 0.29) is 6.42 Å². The van der Waals surface area contributed by atoms with Crippen LogP contribution in [0.1, 0.15) is 15.2 Å². The van der Waals surface area contributed by atoms with Crippen molar-refractivity contribution in [3.8, 4) is 21.7 Å². The fourth-order valence-electron chi connectivity index (χ4n) is 2.69. The van der Waals surface area contributed by atoms with Crippen molar-refractivity contribution in [3.05, 3.63) is 69.7 Å². The number of nitrogens with one attached hydrogen (secondary N) is 1. The van der Waals surface area contributed by atoms with Crippen LogP contribution in [-0.2, 0) is 11.2 Å². The Bertz CT molecular complexity index is 1230. The van der Waals surface area contributed by atoms with Gasteiger partial charge in [0.1, 0.15) is 16.5 Å². The lowest BCUT2D eigenvalue weighted by atomic mass is 10.00. The van der Waals surface area contributed by atoms with Gasteiger partial charge in [-0.25, -0.2) is 4.79 Å². The van der Waals surface area contributed by atoms with Crippen molar-refractivity contribution in [2.75, 3.05) is 5.32 Å². The molecule has 0 aliphatic carbocycles. The lowest BCUT2D eigenvalue weighted by molar-refractivity contribution is -0.118. The molecule has 0 saturated carbocycles. The summed E-state index contributed by atoms with van der Waals surface area (Å²) in [5, 5.41) is 25.0. The molecule has 154 valence electrons. The first kappa shape index (κ1) is 20.9. The Balaban J connectivity index is 1.40. The average molecular weight is 467 g/mol. The summed E-state index contributed by atoms with van der Waals surface area (Å²) in [6, 6.07) is 16.1. The van der Waals surface area contributed by atoms with Crippen LogP contribution < -0.4 is 10.1 Å². The van der Waals surface area contributed by atoms with Crippen molar-refractivity contribution in [1.82, 2.24) is 10.2 Å². The van der Waals surface area contributed by atoms with Crippen molar-refractivity contribution in [2.24, 2.45) is 5.92 Å². The molecule has 10 heteroatoms. The number of carbonyl (C=O) groups is 2. The molecule has 0 radical (unpaired) electrons. The van der Waals surface area contributed by atoms with Crippen molar-refractivity contribution < 1.29 is 14.3 Å². The van der Waals surface area contributed by atoms with Gasteiger partial charge in [0.25, 0.3) is 0 Å². The fraction of sp³-hybridized carbons (Fsp3) is 0.0952. The van der Waals surface area contributed by atoms with Gasteiger partial charge in [-0.2, -0.15) is 5.26 Å². The minimum absolute atomic E-state index is 0.170. The van der Waals surface area contributed by atoms with Crippen LogP contribution >= 0.6 is 34.0 Å². The minimum Gasteiger partial charge on any atom is -0.422 e.